The second-order valence-electron chi connectivity index (χ2n) is 7.38. The van der Waals surface area contributed by atoms with Gasteiger partial charge in [0.05, 0.1) is 5.75 Å². The van der Waals surface area contributed by atoms with Crippen molar-refractivity contribution in [3.8, 4) is 0 Å². The molecule has 0 aliphatic rings. The van der Waals surface area contributed by atoms with Gasteiger partial charge in [-0.15, -0.1) is 0 Å². The lowest BCUT2D eigenvalue weighted by atomic mass is 9.87. The van der Waals surface area contributed by atoms with Crippen LogP contribution in [0.5, 0.6) is 0 Å². The molecule has 0 saturated heterocycles. The highest BCUT2D eigenvalue weighted by molar-refractivity contribution is 7.92. The molecule has 0 amide bonds. The third kappa shape index (κ3) is 4.47. The molecule has 0 spiro atoms. The van der Waals surface area contributed by atoms with E-state index in [1.165, 1.54) is 0 Å². The summed E-state index contributed by atoms with van der Waals surface area (Å²) in [6.45, 7) is 6.92. The average molecular weight is 484 g/mol. The summed E-state index contributed by atoms with van der Waals surface area (Å²) >= 11 is 0. The van der Waals surface area contributed by atoms with Crippen molar-refractivity contribution >= 4 is 20.0 Å². The molecule has 0 heterocycles. The van der Waals surface area contributed by atoms with Crippen molar-refractivity contribution < 1.29 is 47.7 Å². The fraction of sp³-hybridized carbons (Fsp3) is 0.647. The molecule has 0 bridgehead atoms. The number of halogens is 6. The summed E-state index contributed by atoms with van der Waals surface area (Å²) in [6, 6.07) is 4.84. The minimum Gasteiger partial charge on any atom is -0.281 e. The maximum atomic E-state index is 14.0. The summed E-state index contributed by atoms with van der Waals surface area (Å²) in [5.41, 5.74) is 1.43. The smallest absolute Gasteiger partial charge is 0.281 e. The number of benzene rings is 1. The van der Waals surface area contributed by atoms with Crippen LogP contribution in [0.15, 0.2) is 18.2 Å². The molecule has 1 aromatic carbocycles. The predicted octanol–water partition coefficient (Wildman–Crippen LogP) is 4.60. The van der Waals surface area contributed by atoms with E-state index in [4.69, 9.17) is 4.55 Å². The summed E-state index contributed by atoms with van der Waals surface area (Å²) in [7, 11) is -13.3. The van der Waals surface area contributed by atoms with Gasteiger partial charge in [0.1, 0.15) is 0 Å². The summed E-state index contributed by atoms with van der Waals surface area (Å²) in [6.07, 6.45) is -0.687. The van der Waals surface area contributed by atoms with Gasteiger partial charge in [-0.3, -0.25) is 4.55 Å². The molecule has 1 aromatic rings. The highest BCUT2D eigenvalue weighted by Crippen LogP contribution is 2.50. The van der Waals surface area contributed by atoms with Crippen LogP contribution in [0.4, 0.5) is 26.3 Å². The van der Waals surface area contributed by atoms with Crippen LogP contribution in [0.25, 0.3) is 0 Å². The van der Waals surface area contributed by atoms with Gasteiger partial charge in [-0.1, -0.05) is 45.9 Å². The predicted molar refractivity (Wildman–Crippen MR) is 98.5 cm³/mol. The number of hydrogen-bond donors (Lipinski definition) is 1. The van der Waals surface area contributed by atoms with E-state index in [-0.39, 0.29) is 11.8 Å². The van der Waals surface area contributed by atoms with E-state index >= 15 is 0 Å². The summed E-state index contributed by atoms with van der Waals surface area (Å²) < 4.78 is 135. The first-order chi connectivity index (χ1) is 13.2. The summed E-state index contributed by atoms with van der Waals surface area (Å²) in [4.78, 5) is 0. The van der Waals surface area contributed by atoms with Crippen LogP contribution in [0.3, 0.4) is 0 Å². The first-order valence-electron chi connectivity index (χ1n) is 8.66. The maximum absolute atomic E-state index is 14.0. The molecular formula is C17H22F6O5S2. The molecule has 5 nitrogen and oxygen atoms in total. The Labute approximate surface area is 171 Å². The van der Waals surface area contributed by atoms with Crippen LogP contribution in [0, 0.1) is 0 Å². The van der Waals surface area contributed by atoms with Gasteiger partial charge in [0.2, 0.25) is 9.84 Å². The monoisotopic (exact) mass is 484 g/mol. The molecule has 1 N–H and O–H groups in total. The van der Waals surface area contributed by atoms with Crippen LogP contribution >= 0.6 is 0 Å². The largest absolute Gasteiger partial charge is 0.439 e. The number of rotatable bonds is 9. The Hall–Kier alpha value is -1.34. The molecular weight excluding hydrogens is 462 g/mol. The van der Waals surface area contributed by atoms with E-state index in [9.17, 15) is 43.2 Å². The zero-order chi connectivity index (χ0) is 23.9. The molecule has 0 saturated carbocycles. The van der Waals surface area contributed by atoms with Gasteiger partial charge < -0.3 is 0 Å². The van der Waals surface area contributed by atoms with Gasteiger partial charge in [-0.2, -0.15) is 34.8 Å². The molecule has 30 heavy (non-hydrogen) atoms. The fourth-order valence-electron chi connectivity index (χ4n) is 2.89. The van der Waals surface area contributed by atoms with E-state index in [2.05, 4.69) is 0 Å². The lowest BCUT2D eigenvalue weighted by molar-refractivity contribution is -0.245. The molecule has 0 radical (unpaired) electrons. The molecule has 0 unspecified atom stereocenters. The Bertz CT molecular complexity index is 960. The molecule has 13 heteroatoms. The Morgan fingerprint density at radius 1 is 0.833 bits per heavy atom. The van der Waals surface area contributed by atoms with Gasteiger partial charge in [0.15, 0.2) is 0 Å². The van der Waals surface area contributed by atoms with Crippen molar-refractivity contribution in [2.24, 2.45) is 0 Å². The summed E-state index contributed by atoms with van der Waals surface area (Å²) in [5.74, 6) is -8.94. The van der Waals surface area contributed by atoms with Crippen LogP contribution in [0.1, 0.15) is 56.2 Å². The molecule has 1 rings (SSSR count). The van der Waals surface area contributed by atoms with Crippen molar-refractivity contribution in [1.82, 2.24) is 0 Å². The van der Waals surface area contributed by atoms with Gasteiger partial charge in [-0.25, -0.2) is 8.42 Å². The zero-order valence-corrected chi connectivity index (χ0v) is 18.1. The SMILES string of the molecule is CC(C)c1cccc(C(C)C)c1CCS(=O)(=O)C(F)(F)C(F)(F)C(F)(F)S(=O)(=O)O. The van der Waals surface area contributed by atoms with Crippen LogP contribution in [-0.2, 0) is 26.4 Å². The fourth-order valence-corrected chi connectivity index (χ4v) is 4.65. The second kappa shape index (κ2) is 8.30. The molecule has 174 valence electrons. The number of sulfone groups is 1. The maximum Gasteiger partial charge on any atom is 0.439 e. The normalized spacial score (nSPS) is 14.6. The van der Waals surface area contributed by atoms with Gasteiger partial charge in [0, 0.05) is 0 Å². The van der Waals surface area contributed by atoms with Crippen LogP contribution in [0.2, 0.25) is 0 Å². The van der Waals surface area contributed by atoms with Crippen LogP contribution < -0.4 is 0 Å². The summed E-state index contributed by atoms with van der Waals surface area (Å²) in [5, 5.41) is -13.2. The Balaban J connectivity index is 3.43. The van der Waals surface area contributed by atoms with Crippen LogP contribution in [-0.4, -0.2) is 43.6 Å². The highest BCUT2D eigenvalue weighted by atomic mass is 32.2. The molecule has 0 aliphatic carbocycles. The van der Waals surface area contributed by atoms with Crippen molar-refractivity contribution in [2.75, 3.05) is 5.75 Å². The Morgan fingerprint density at radius 2 is 1.23 bits per heavy atom. The van der Waals surface area contributed by atoms with Crippen molar-refractivity contribution in [3.63, 3.8) is 0 Å². The molecule has 0 atom stereocenters. The quantitative estimate of drug-likeness (QED) is 0.409. The van der Waals surface area contributed by atoms with Gasteiger partial charge >= 0.3 is 26.5 Å². The Morgan fingerprint density at radius 3 is 1.57 bits per heavy atom. The van der Waals surface area contributed by atoms with E-state index in [0.29, 0.717) is 16.7 Å². The van der Waals surface area contributed by atoms with E-state index in [1.54, 1.807) is 45.9 Å². The van der Waals surface area contributed by atoms with Crippen molar-refractivity contribution in [3.05, 3.63) is 34.9 Å². The van der Waals surface area contributed by atoms with Gasteiger partial charge in [-0.05, 0) is 34.9 Å². The lowest BCUT2D eigenvalue weighted by Crippen LogP contribution is -2.61. The number of hydrogen-bond acceptors (Lipinski definition) is 4. The van der Waals surface area contributed by atoms with Crippen molar-refractivity contribution in [1.29, 1.82) is 0 Å². The third-order valence-corrected chi connectivity index (χ3v) is 7.24. The minimum atomic E-state index is -7.03. The third-order valence-electron chi connectivity index (χ3n) is 4.56. The van der Waals surface area contributed by atoms with E-state index < -0.39 is 48.6 Å². The minimum absolute atomic E-state index is 0.188. The first kappa shape index (κ1) is 26.7. The number of alkyl halides is 6. The topological polar surface area (TPSA) is 88.5 Å². The molecule has 0 aliphatic heterocycles. The van der Waals surface area contributed by atoms with E-state index in [0.717, 1.165) is 0 Å². The Kier molecular flexibility index (Phi) is 7.39. The molecule has 0 fully saturated rings. The highest BCUT2D eigenvalue weighted by Gasteiger charge is 2.81. The van der Waals surface area contributed by atoms with Crippen molar-refractivity contribution in [2.45, 2.75) is 62.4 Å². The average Bonchev–Trinajstić information content (AvgIpc) is 2.57. The molecule has 0 aromatic heterocycles. The van der Waals surface area contributed by atoms with E-state index in [1.807, 2.05) is 0 Å². The van der Waals surface area contributed by atoms with Gasteiger partial charge in [0.25, 0.3) is 0 Å². The first-order valence-corrected chi connectivity index (χ1v) is 11.8. The standard InChI is InChI=1S/C17H22F6O5S2/c1-10(2)12-6-5-7-13(11(3)4)14(12)8-9-29(24,25)16(20,21)15(18,19)17(22,23)30(26,27)28/h5-7,10-11H,8-9H2,1-4H3,(H,26,27,28). The second-order valence-corrected chi connectivity index (χ2v) is 11.0. The zero-order valence-electron chi connectivity index (χ0n) is 16.5. The lowest BCUT2D eigenvalue weighted by Gasteiger charge is -2.30.